The molecule has 1 aromatic rings. The Morgan fingerprint density at radius 1 is 1.12 bits per heavy atom. The molecule has 2 amide bonds. The fraction of sp³-hybridized carbons (Fsp3) is 0.556. The maximum absolute atomic E-state index is 12.2. The summed E-state index contributed by atoms with van der Waals surface area (Å²) in [5.41, 5.74) is 0.706. The van der Waals surface area contributed by atoms with E-state index in [1.54, 1.807) is 24.3 Å². The zero-order valence-corrected chi connectivity index (χ0v) is 15.2. The van der Waals surface area contributed by atoms with Crippen LogP contribution in [0.1, 0.15) is 32.6 Å². The van der Waals surface area contributed by atoms with E-state index >= 15 is 0 Å². The van der Waals surface area contributed by atoms with Crippen LogP contribution in [0.4, 0.5) is 5.69 Å². The molecule has 1 fully saturated rings. The number of carbonyl (C=O) groups excluding carboxylic acids is 2. The number of quaternary nitrogens is 1. The monoisotopic (exact) mass is 352 g/mol. The molecule has 6 heteroatoms. The molecule has 0 aliphatic heterocycles. The fourth-order valence-electron chi connectivity index (χ4n) is 3.14. The first-order chi connectivity index (χ1) is 11.4. The van der Waals surface area contributed by atoms with Gasteiger partial charge in [0.25, 0.3) is 11.8 Å². The fourth-order valence-corrected chi connectivity index (χ4v) is 3.26. The maximum atomic E-state index is 12.2. The number of benzene rings is 1. The van der Waals surface area contributed by atoms with Gasteiger partial charge in [0.05, 0.1) is 7.05 Å². The number of halogens is 1. The summed E-state index contributed by atoms with van der Waals surface area (Å²) < 4.78 is 0. The number of rotatable bonds is 6. The number of anilines is 1. The van der Waals surface area contributed by atoms with Crippen LogP contribution < -0.4 is 15.5 Å². The van der Waals surface area contributed by atoms with Gasteiger partial charge in [0.1, 0.15) is 0 Å². The molecule has 1 aliphatic carbocycles. The summed E-state index contributed by atoms with van der Waals surface area (Å²) in [7, 11) is 1.85. The highest BCUT2D eigenvalue weighted by atomic mass is 35.5. The quantitative estimate of drug-likeness (QED) is 0.726. The van der Waals surface area contributed by atoms with Gasteiger partial charge in [0, 0.05) is 16.8 Å². The van der Waals surface area contributed by atoms with Crippen LogP contribution in [0.25, 0.3) is 0 Å². The van der Waals surface area contributed by atoms with Crippen molar-refractivity contribution in [2.75, 3.05) is 25.5 Å². The van der Waals surface area contributed by atoms with Crippen molar-refractivity contribution in [2.24, 2.45) is 5.92 Å². The highest BCUT2D eigenvalue weighted by molar-refractivity contribution is 6.30. The minimum absolute atomic E-state index is 0.0190. The first kappa shape index (κ1) is 18.7. The lowest BCUT2D eigenvalue weighted by Crippen LogP contribution is -3.11. The van der Waals surface area contributed by atoms with Gasteiger partial charge in [-0.2, -0.15) is 0 Å². The maximum Gasteiger partial charge on any atom is 0.279 e. The summed E-state index contributed by atoms with van der Waals surface area (Å²) in [6, 6.07) is 7.25. The van der Waals surface area contributed by atoms with E-state index in [0.717, 1.165) is 11.3 Å². The van der Waals surface area contributed by atoms with Crippen LogP contribution >= 0.6 is 11.6 Å². The molecular weight excluding hydrogens is 326 g/mol. The van der Waals surface area contributed by atoms with Crippen LogP contribution in [0.3, 0.4) is 0 Å². The summed E-state index contributed by atoms with van der Waals surface area (Å²) in [6.07, 6.45) is 4.67. The van der Waals surface area contributed by atoms with Gasteiger partial charge in [0.2, 0.25) is 0 Å². The zero-order chi connectivity index (χ0) is 17.5. The van der Waals surface area contributed by atoms with Crippen molar-refractivity contribution < 1.29 is 14.5 Å². The zero-order valence-electron chi connectivity index (χ0n) is 14.4. The Labute approximate surface area is 148 Å². The van der Waals surface area contributed by atoms with E-state index in [1.165, 1.54) is 19.3 Å². The summed E-state index contributed by atoms with van der Waals surface area (Å²) in [5, 5.41) is 6.56. The molecule has 1 aromatic carbocycles. The molecule has 2 rings (SSSR count). The van der Waals surface area contributed by atoms with Crippen molar-refractivity contribution in [1.82, 2.24) is 5.32 Å². The second-order valence-corrected chi connectivity index (χ2v) is 7.24. The van der Waals surface area contributed by atoms with Crippen LogP contribution in [-0.2, 0) is 9.59 Å². The Bertz CT molecular complexity index is 562. The van der Waals surface area contributed by atoms with Crippen molar-refractivity contribution in [3.05, 3.63) is 29.3 Å². The molecule has 3 N–H and O–H groups in total. The van der Waals surface area contributed by atoms with Gasteiger partial charge in [-0.3, -0.25) is 9.59 Å². The van der Waals surface area contributed by atoms with Crippen molar-refractivity contribution in [3.8, 4) is 0 Å². The van der Waals surface area contributed by atoms with E-state index in [2.05, 4.69) is 17.6 Å². The third-order valence-electron chi connectivity index (χ3n) is 4.51. The molecule has 1 aliphatic rings. The molecule has 0 aromatic heterocycles. The van der Waals surface area contributed by atoms with Crippen LogP contribution in [0.15, 0.2) is 24.3 Å². The van der Waals surface area contributed by atoms with Crippen molar-refractivity contribution >= 4 is 29.1 Å². The van der Waals surface area contributed by atoms with E-state index in [1.807, 2.05) is 7.05 Å². The van der Waals surface area contributed by atoms with Crippen LogP contribution in [0, 0.1) is 5.92 Å². The van der Waals surface area contributed by atoms with Gasteiger partial charge in [-0.05, 0) is 43.0 Å². The van der Waals surface area contributed by atoms with E-state index in [0.29, 0.717) is 23.2 Å². The van der Waals surface area contributed by atoms with Crippen LogP contribution in [0.5, 0.6) is 0 Å². The number of amides is 2. The largest absolute Gasteiger partial charge is 0.348 e. The SMILES string of the molecule is C[C@H]1CCCC[C@@H]1NC(=O)C[NH+](C)CC(=O)Nc1ccc(Cl)cc1. The Morgan fingerprint density at radius 2 is 1.75 bits per heavy atom. The standard InChI is InChI=1S/C18H26ClN3O2/c1-13-5-3-4-6-16(13)21-18(24)12-22(2)11-17(23)20-15-9-7-14(19)8-10-15/h7-10,13,16H,3-6,11-12H2,1-2H3,(H,20,23)(H,21,24)/p+1/t13-,16-/m0/s1. The Kier molecular flexibility index (Phi) is 7.06. The second kappa shape index (κ2) is 9.04. The first-order valence-electron chi connectivity index (χ1n) is 8.60. The van der Waals surface area contributed by atoms with E-state index in [9.17, 15) is 9.59 Å². The van der Waals surface area contributed by atoms with E-state index in [-0.39, 0.29) is 24.4 Å². The molecule has 24 heavy (non-hydrogen) atoms. The Hall–Kier alpha value is -1.59. The molecule has 0 heterocycles. The number of nitrogens with one attached hydrogen (secondary N) is 3. The molecule has 132 valence electrons. The summed E-state index contributed by atoms with van der Waals surface area (Å²) in [5.74, 6) is 0.440. The van der Waals surface area contributed by atoms with Crippen molar-refractivity contribution in [1.29, 1.82) is 0 Å². The van der Waals surface area contributed by atoms with E-state index < -0.39 is 0 Å². The predicted molar refractivity (Wildman–Crippen MR) is 96.3 cm³/mol. The van der Waals surface area contributed by atoms with Crippen molar-refractivity contribution in [2.45, 2.75) is 38.6 Å². The van der Waals surface area contributed by atoms with Gasteiger partial charge in [-0.25, -0.2) is 0 Å². The minimum Gasteiger partial charge on any atom is -0.348 e. The van der Waals surface area contributed by atoms with Gasteiger partial charge >= 0.3 is 0 Å². The molecule has 0 bridgehead atoms. The van der Waals surface area contributed by atoms with Crippen LogP contribution in [-0.4, -0.2) is 38.0 Å². The average molecular weight is 353 g/mol. The van der Waals surface area contributed by atoms with Gasteiger partial charge in [0.15, 0.2) is 13.1 Å². The lowest BCUT2D eigenvalue weighted by atomic mass is 9.86. The number of hydrogen-bond acceptors (Lipinski definition) is 2. The number of hydrogen-bond donors (Lipinski definition) is 3. The molecule has 0 radical (unpaired) electrons. The molecule has 5 nitrogen and oxygen atoms in total. The predicted octanol–water partition coefficient (Wildman–Crippen LogP) is 1.49. The molecule has 1 unspecified atom stereocenters. The summed E-state index contributed by atoms with van der Waals surface area (Å²) >= 11 is 5.82. The topological polar surface area (TPSA) is 62.6 Å². The van der Waals surface area contributed by atoms with Gasteiger partial charge in [-0.1, -0.05) is 31.4 Å². The normalized spacial score (nSPS) is 21.8. The third kappa shape index (κ3) is 6.13. The Morgan fingerprint density at radius 3 is 2.42 bits per heavy atom. The smallest absolute Gasteiger partial charge is 0.279 e. The molecule has 1 saturated carbocycles. The average Bonchev–Trinajstić information content (AvgIpc) is 2.51. The lowest BCUT2D eigenvalue weighted by Gasteiger charge is -2.29. The lowest BCUT2D eigenvalue weighted by molar-refractivity contribution is -0.862. The molecular formula is C18H27ClN3O2+. The second-order valence-electron chi connectivity index (χ2n) is 6.80. The highest BCUT2D eigenvalue weighted by Gasteiger charge is 2.24. The number of carbonyl (C=O) groups is 2. The minimum atomic E-state index is -0.117. The summed E-state index contributed by atoms with van der Waals surface area (Å²) in [4.78, 5) is 25.1. The molecule has 3 atom stereocenters. The molecule has 0 spiro atoms. The highest BCUT2D eigenvalue weighted by Crippen LogP contribution is 2.23. The summed E-state index contributed by atoms with van der Waals surface area (Å²) in [6.45, 7) is 2.74. The van der Waals surface area contributed by atoms with Gasteiger partial charge < -0.3 is 15.5 Å². The Balaban J connectivity index is 1.73. The van der Waals surface area contributed by atoms with E-state index in [4.69, 9.17) is 11.6 Å². The third-order valence-corrected chi connectivity index (χ3v) is 4.76. The number of likely N-dealkylation sites (N-methyl/N-ethyl adjacent to an activating group) is 1. The van der Waals surface area contributed by atoms with Crippen molar-refractivity contribution in [3.63, 3.8) is 0 Å². The van der Waals surface area contributed by atoms with Gasteiger partial charge in [-0.15, -0.1) is 0 Å². The first-order valence-corrected chi connectivity index (χ1v) is 8.98. The van der Waals surface area contributed by atoms with Crippen LogP contribution in [0.2, 0.25) is 5.02 Å². The molecule has 0 saturated heterocycles.